The van der Waals surface area contributed by atoms with Gasteiger partial charge in [-0.2, -0.15) is 0 Å². The molecule has 34 heavy (non-hydrogen) atoms. The van der Waals surface area contributed by atoms with Gasteiger partial charge in [-0.05, 0) is 59.3 Å². The second-order valence-corrected chi connectivity index (χ2v) is 10.3. The van der Waals surface area contributed by atoms with Gasteiger partial charge in [-0.15, -0.1) is 0 Å². The number of anilines is 1. The Kier molecular flexibility index (Phi) is 10.3. The summed E-state index contributed by atoms with van der Waals surface area (Å²) in [6, 6.07) is 2.11. The SMILES string of the molecule is COCCOc1cc(CCCCCOC[C@@H]2CCN(C(=O)OC(C)(C)C)C2)nc2c1CCCN2. The van der Waals surface area contributed by atoms with Gasteiger partial charge in [0.2, 0.25) is 0 Å². The molecule has 3 rings (SSSR count). The number of ether oxygens (including phenoxy) is 4. The number of amides is 1. The third-order valence-electron chi connectivity index (χ3n) is 6.09. The summed E-state index contributed by atoms with van der Waals surface area (Å²) in [5, 5.41) is 3.43. The molecule has 2 aliphatic heterocycles. The van der Waals surface area contributed by atoms with Crippen LogP contribution in [0.5, 0.6) is 5.75 Å². The molecule has 1 amide bonds. The molecular formula is C26H43N3O5. The highest BCUT2D eigenvalue weighted by Gasteiger charge is 2.29. The molecule has 0 aliphatic carbocycles. The minimum absolute atomic E-state index is 0.215. The van der Waals surface area contributed by atoms with Crippen LogP contribution in [-0.4, -0.2) is 74.7 Å². The quantitative estimate of drug-likeness (QED) is 0.445. The summed E-state index contributed by atoms with van der Waals surface area (Å²) < 4.78 is 22.5. The Morgan fingerprint density at radius 2 is 2.06 bits per heavy atom. The Bertz CT molecular complexity index is 780. The molecule has 8 heteroatoms. The second-order valence-electron chi connectivity index (χ2n) is 10.3. The van der Waals surface area contributed by atoms with Crippen LogP contribution in [0.4, 0.5) is 10.6 Å². The molecule has 1 fully saturated rings. The molecule has 1 N–H and O–H groups in total. The molecule has 0 aromatic carbocycles. The molecule has 0 bridgehead atoms. The molecule has 1 saturated heterocycles. The molecule has 0 saturated carbocycles. The monoisotopic (exact) mass is 477 g/mol. The van der Waals surface area contributed by atoms with E-state index in [2.05, 4.69) is 11.4 Å². The molecule has 0 spiro atoms. The molecule has 8 nitrogen and oxygen atoms in total. The first-order chi connectivity index (χ1) is 16.4. The Balaban J connectivity index is 1.32. The minimum atomic E-state index is -0.449. The van der Waals surface area contributed by atoms with Gasteiger partial charge in [0.05, 0.1) is 13.2 Å². The number of nitrogens with zero attached hydrogens (tertiary/aromatic N) is 2. The van der Waals surface area contributed by atoms with Crippen molar-refractivity contribution in [2.45, 2.75) is 71.3 Å². The van der Waals surface area contributed by atoms with Crippen LogP contribution >= 0.6 is 0 Å². The summed E-state index contributed by atoms with van der Waals surface area (Å²) >= 11 is 0. The number of hydrogen-bond acceptors (Lipinski definition) is 7. The number of aryl methyl sites for hydroxylation is 1. The highest BCUT2D eigenvalue weighted by Crippen LogP contribution is 2.31. The average Bonchev–Trinajstić information content (AvgIpc) is 3.27. The number of carbonyl (C=O) groups is 1. The summed E-state index contributed by atoms with van der Waals surface area (Å²) in [7, 11) is 1.69. The number of nitrogens with one attached hydrogen (secondary N) is 1. The van der Waals surface area contributed by atoms with Crippen molar-refractivity contribution in [3.63, 3.8) is 0 Å². The fourth-order valence-corrected chi connectivity index (χ4v) is 4.35. The van der Waals surface area contributed by atoms with Crippen molar-refractivity contribution in [1.82, 2.24) is 9.88 Å². The van der Waals surface area contributed by atoms with Crippen LogP contribution in [0.2, 0.25) is 0 Å². The molecule has 2 aliphatic rings. The van der Waals surface area contributed by atoms with Crippen molar-refractivity contribution in [2.75, 3.05) is 58.5 Å². The lowest BCUT2D eigenvalue weighted by molar-refractivity contribution is 0.0274. The van der Waals surface area contributed by atoms with Crippen molar-refractivity contribution in [3.05, 3.63) is 17.3 Å². The third-order valence-corrected chi connectivity index (χ3v) is 6.09. The first-order valence-electron chi connectivity index (χ1n) is 12.8. The van der Waals surface area contributed by atoms with Gasteiger partial charge in [0.15, 0.2) is 0 Å². The summed E-state index contributed by atoms with van der Waals surface area (Å²) in [4.78, 5) is 18.8. The van der Waals surface area contributed by atoms with Gasteiger partial charge in [0.1, 0.15) is 23.8 Å². The number of carbonyl (C=O) groups excluding carboxylic acids is 1. The van der Waals surface area contributed by atoms with Gasteiger partial charge in [-0.25, -0.2) is 9.78 Å². The van der Waals surface area contributed by atoms with E-state index in [4.69, 9.17) is 23.9 Å². The summed E-state index contributed by atoms with van der Waals surface area (Å²) in [5.74, 6) is 2.33. The van der Waals surface area contributed by atoms with Crippen LogP contribution < -0.4 is 10.1 Å². The number of likely N-dealkylation sites (tertiary alicyclic amines) is 1. The number of hydrogen-bond donors (Lipinski definition) is 1. The van der Waals surface area contributed by atoms with E-state index in [1.165, 1.54) is 5.56 Å². The molecule has 0 unspecified atom stereocenters. The van der Waals surface area contributed by atoms with E-state index in [0.717, 1.165) is 88.4 Å². The van der Waals surface area contributed by atoms with Crippen LogP contribution in [0.15, 0.2) is 6.07 Å². The zero-order valence-electron chi connectivity index (χ0n) is 21.5. The lowest BCUT2D eigenvalue weighted by Crippen LogP contribution is -2.35. The van der Waals surface area contributed by atoms with Gasteiger partial charge in [0, 0.05) is 56.6 Å². The Morgan fingerprint density at radius 3 is 2.85 bits per heavy atom. The Morgan fingerprint density at radius 1 is 1.21 bits per heavy atom. The van der Waals surface area contributed by atoms with Crippen molar-refractivity contribution in [2.24, 2.45) is 5.92 Å². The minimum Gasteiger partial charge on any atom is -0.491 e. The first kappa shape index (κ1) is 26.5. The van der Waals surface area contributed by atoms with E-state index in [1.54, 1.807) is 12.0 Å². The predicted molar refractivity (Wildman–Crippen MR) is 133 cm³/mol. The normalized spacial score (nSPS) is 17.9. The van der Waals surface area contributed by atoms with E-state index in [0.29, 0.717) is 25.7 Å². The van der Waals surface area contributed by atoms with Gasteiger partial charge in [-0.3, -0.25) is 0 Å². The zero-order chi connectivity index (χ0) is 24.4. The zero-order valence-corrected chi connectivity index (χ0v) is 21.5. The fraction of sp³-hybridized carbons (Fsp3) is 0.769. The molecule has 1 atom stereocenters. The molecule has 0 radical (unpaired) electrons. The number of fused-ring (bicyclic) bond motifs is 1. The first-order valence-corrected chi connectivity index (χ1v) is 12.8. The summed E-state index contributed by atoms with van der Waals surface area (Å²) in [5.41, 5.74) is 1.82. The highest BCUT2D eigenvalue weighted by atomic mass is 16.6. The van der Waals surface area contributed by atoms with Crippen LogP contribution in [0, 0.1) is 5.92 Å². The van der Waals surface area contributed by atoms with Gasteiger partial charge in [0.25, 0.3) is 0 Å². The maximum absolute atomic E-state index is 12.2. The van der Waals surface area contributed by atoms with E-state index >= 15 is 0 Å². The van der Waals surface area contributed by atoms with Crippen LogP contribution in [-0.2, 0) is 27.1 Å². The van der Waals surface area contributed by atoms with Gasteiger partial charge in [-0.1, -0.05) is 6.42 Å². The van der Waals surface area contributed by atoms with Crippen LogP contribution in [0.3, 0.4) is 0 Å². The van der Waals surface area contributed by atoms with Crippen molar-refractivity contribution in [3.8, 4) is 5.75 Å². The molecule has 192 valence electrons. The number of aromatic nitrogens is 1. The summed E-state index contributed by atoms with van der Waals surface area (Å²) in [6.45, 7) is 10.7. The largest absolute Gasteiger partial charge is 0.491 e. The topological polar surface area (TPSA) is 82.2 Å². The average molecular weight is 478 g/mol. The molecular weight excluding hydrogens is 434 g/mol. The van der Waals surface area contributed by atoms with E-state index in [-0.39, 0.29) is 6.09 Å². The van der Waals surface area contributed by atoms with Crippen molar-refractivity contribution >= 4 is 11.9 Å². The number of methoxy groups -OCH3 is 1. The van der Waals surface area contributed by atoms with Gasteiger partial charge < -0.3 is 29.2 Å². The Labute approximate surface area is 204 Å². The van der Waals surface area contributed by atoms with Crippen LogP contribution in [0.1, 0.15) is 64.1 Å². The maximum Gasteiger partial charge on any atom is 0.410 e. The lowest BCUT2D eigenvalue weighted by Gasteiger charge is -2.24. The van der Waals surface area contributed by atoms with E-state index < -0.39 is 5.60 Å². The third kappa shape index (κ3) is 8.62. The number of unbranched alkanes of at least 4 members (excludes halogenated alkanes) is 2. The highest BCUT2D eigenvalue weighted by molar-refractivity contribution is 5.68. The smallest absolute Gasteiger partial charge is 0.410 e. The molecule has 1 aromatic heterocycles. The van der Waals surface area contributed by atoms with Gasteiger partial charge >= 0.3 is 6.09 Å². The number of rotatable bonds is 12. The second kappa shape index (κ2) is 13.1. The molecule has 1 aromatic rings. The molecule has 3 heterocycles. The van der Waals surface area contributed by atoms with Crippen molar-refractivity contribution in [1.29, 1.82) is 0 Å². The van der Waals surface area contributed by atoms with Crippen LogP contribution in [0.25, 0.3) is 0 Å². The van der Waals surface area contributed by atoms with E-state index in [9.17, 15) is 4.79 Å². The predicted octanol–water partition coefficient (Wildman–Crippen LogP) is 4.45. The Hall–Kier alpha value is -2.06. The maximum atomic E-state index is 12.2. The van der Waals surface area contributed by atoms with E-state index in [1.807, 2.05) is 20.8 Å². The summed E-state index contributed by atoms with van der Waals surface area (Å²) in [6.07, 6.45) is 7.01. The fourth-order valence-electron chi connectivity index (χ4n) is 4.35. The number of pyridine rings is 1. The standard InChI is InChI=1S/C26H43N3O5/c1-26(2,3)34-25(30)29-13-11-20(18-29)19-32-14-7-5-6-9-21-17-23(33-16-15-31-4)22-10-8-12-27-24(22)28-21/h17,20H,5-16,18-19H2,1-4H3,(H,27,28)/t20-/m1/s1. The lowest BCUT2D eigenvalue weighted by atomic mass is 10.0. The van der Waals surface area contributed by atoms with Crippen molar-refractivity contribution < 1.29 is 23.7 Å².